The van der Waals surface area contributed by atoms with Gasteiger partial charge >= 0.3 is 12.4 Å². The van der Waals surface area contributed by atoms with E-state index in [1.807, 2.05) is 94.4 Å². The highest BCUT2D eigenvalue weighted by molar-refractivity contribution is 6.17. The number of amides is 6. The van der Waals surface area contributed by atoms with E-state index in [1.54, 1.807) is 184 Å². The van der Waals surface area contributed by atoms with Gasteiger partial charge in [-0.2, -0.15) is 26.3 Å². The SMILES string of the molecule is C.CC1(C)C(=O)N(c2cccnc2)c2cccc(-c3cnc(C(F)(F)F)c(C(=O)Nc4ccccc4)c3)c21.Cc1ccc(NC(=O)c2cc(-c3cccc4c3C(C)(C)C(=O)N4c3ccccn3)cnc2C)cc1.Cc1ccc(NC(=O)c2cc(-c3cccc4c3C(C)(C)C(=O)N4c3cccnc3)cnc2C(F)(F)F)nc1. The third kappa shape index (κ3) is 15.0. The lowest BCUT2D eigenvalue weighted by Gasteiger charge is -2.21. The normalized spacial score (nSPS) is 14.2. The number of pyridine rings is 7. The van der Waals surface area contributed by atoms with Crippen LogP contribution in [0.25, 0.3) is 33.4 Å². The van der Waals surface area contributed by atoms with Crippen LogP contribution in [-0.4, -0.2) is 70.3 Å². The maximum Gasteiger partial charge on any atom is 0.434 e. The van der Waals surface area contributed by atoms with E-state index in [2.05, 4.69) is 50.8 Å². The quantitative estimate of drug-likeness (QED) is 0.0966. The average molecular weight is 1500 g/mol. The Hall–Kier alpha value is -13.5. The van der Waals surface area contributed by atoms with Crippen molar-refractivity contribution in [1.82, 2.24) is 34.9 Å². The van der Waals surface area contributed by atoms with Crippen LogP contribution >= 0.6 is 0 Å². The minimum Gasteiger partial charge on any atom is -0.322 e. The van der Waals surface area contributed by atoms with Gasteiger partial charge in [-0.15, -0.1) is 0 Å². The average Bonchev–Trinajstić information content (AvgIpc) is 1.59. The summed E-state index contributed by atoms with van der Waals surface area (Å²) in [5.74, 6) is -1.92. The van der Waals surface area contributed by atoms with E-state index in [4.69, 9.17) is 0 Å². The number of hydrogen-bond donors (Lipinski definition) is 3. The number of carbonyl (C=O) groups excluding carboxylic acids is 6. The summed E-state index contributed by atoms with van der Waals surface area (Å²) in [4.78, 5) is 113. The minimum absolute atomic E-state index is 0. The number of para-hydroxylation sites is 1. The van der Waals surface area contributed by atoms with Gasteiger partial charge in [0.1, 0.15) is 11.6 Å². The monoisotopic (exact) mass is 1500 g/mol. The molecule has 0 spiro atoms. The summed E-state index contributed by atoms with van der Waals surface area (Å²) < 4.78 is 83.0. The van der Waals surface area contributed by atoms with Crippen molar-refractivity contribution in [2.24, 2.45) is 0 Å². The fourth-order valence-corrected chi connectivity index (χ4v) is 13.8. The van der Waals surface area contributed by atoms with Crippen LogP contribution in [-0.2, 0) is 43.0 Å². The van der Waals surface area contributed by atoms with Gasteiger partial charge in [0.05, 0.1) is 79.5 Å². The van der Waals surface area contributed by atoms with Crippen molar-refractivity contribution in [1.29, 1.82) is 0 Å². The second kappa shape index (κ2) is 30.3. The molecule has 0 saturated carbocycles. The number of fused-ring (bicyclic) bond motifs is 3. The lowest BCUT2D eigenvalue weighted by Crippen LogP contribution is -2.33. The summed E-state index contributed by atoms with van der Waals surface area (Å²) in [6.07, 6.45) is 3.73. The van der Waals surface area contributed by atoms with E-state index in [0.717, 1.165) is 57.7 Å². The molecule has 7 aromatic heterocycles. The Balaban J connectivity index is 0.000000154. The minimum atomic E-state index is -4.86. The van der Waals surface area contributed by atoms with E-state index in [1.165, 1.54) is 18.3 Å². The van der Waals surface area contributed by atoms with Crippen molar-refractivity contribution in [3.05, 3.63) is 299 Å². The van der Waals surface area contributed by atoms with Crippen molar-refractivity contribution in [2.45, 2.75) is 98.3 Å². The molecule has 0 aliphatic carbocycles. The fourth-order valence-electron chi connectivity index (χ4n) is 13.8. The molecule has 25 heteroatoms. The molecule has 3 N–H and O–H groups in total. The zero-order valence-corrected chi connectivity index (χ0v) is 60.7. The molecule has 0 bridgehead atoms. The van der Waals surface area contributed by atoms with Crippen LogP contribution < -0.4 is 30.7 Å². The van der Waals surface area contributed by atoms with E-state index >= 15 is 0 Å². The molecule has 15 rings (SSSR count). The molecule has 0 fully saturated rings. The second-order valence-corrected chi connectivity index (χ2v) is 27.9. The Labute approximate surface area is 635 Å². The van der Waals surface area contributed by atoms with Crippen LogP contribution in [0.4, 0.5) is 77.8 Å². The Morgan fingerprint density at radius 2 is 0.793 bits per heavy atom. The number of nitrogens with one attached hydrogen (secondary N) is 3. The maximum atomic E-state index is 13.9. The number of carbonyl (C=O) groups is 6. The molecule has 111 heavy (non-hydrogen) atoms. The first-order valence-corrected chi connectivity index (χ1v) is 34.6. The van der Waals surface area contributed by atoms with Crippen LogP contribution in [0.5, 0.6) is 0 Å². The lowest BCUT2D eigenvalue weighted by molar-refractivity contribution is -0.142. The van der Waals surface area contributed by atoms with Crippen molar-refractivity contribution in [3.63, 3.8) is 0 Å². The molecule has 0 atom stereocenters. The smallest absolute Gasteiger partial charge is 0.322 e. The Bertz CT molecular complexity index is 5600. The Kier molecular flexibility index (Phi) is 21.1. The molecular weight excluding hydrogens is 1430 g/mol. The number of halogens is 6. The van der Waals surface area contributed by atoms with E-state index in [-0.39, 0.29) is 48.0 Å². The van der Waals surface area contributed by atoms with Crippen molar-refractivity contribution in [3.8, 4) is 33.4 Å². The predicted molar refractivity (Wildman–Crippen MR) is 414 cm³/mol. The molecule has 10 heterocycles. The predicted octanol–water partition coefficient (Wildman–Crippen LogP) is 19.0. The number of aromatic nitrogens is 7. The van der Waals surface area contributed by atoms with Gasteiger partial charge in [-0.1, -0.05) is 91.9 Å². The molecular formula is C86H73F6N13O6. The topological polar surface area (TPSA) is 238 Å². The summed E-state index contributed by atoms with van der Waals surface area (Å²) in [5.41, 5.74) is 5.96. The molecule has 560 valence electrons. The summed E-state index contributed by atoms with van der Waals surface area (Å²) >= 11 is 0. The van der Waals surface area contributed by atoms with Crippen LogP contribution in [0.1, 0.15) is 125 Å². The number of alkyl halides is 6. The highest BCUT2D eigenvalue weighted by atomic mass is 19.4. The fraction of sp³-hybridized carbons (Fsp3) is 0.174. The number of anilines is 9. The molecule has 0 unspecified atom stereocenters. The van der Waals surface area contributed by atoms with Gasteiger partial charge in [0.2, 0.25) is 17.7 Å². The van der Waals surface area contributed by atoms with Gasteiger partial charge in [-0.05, 0) is 204 Å². The Morgan fingerprint density at radius 1 is 0.378 bits per heavy atom. The van der Waals surface area contributed by atoms with Crippen molar-refractivity contribution < 1.29 is 55.1 Å². The van der Waals surface area contributed by atoms with E-state index in [0.29, 0.717) is 67.8 Å². The van der Waals surface area contributed by atoms with Crippen molar-refractivity contribution in [2.75, 3.05) is 30.7 Å². The summed E-state index contributed by atoms with van der Waals surface area (Å²) in [6, 6.07) is 51.9. The molecule has 0 saturated heterocycles. The maximum absolute atomic E-state index is 13.9. The van der Waals surface area contributed by atoms with Gasteiger partial charge in [0, 0.05) is 71.4 Å². The van der Waals surface area contributed by atoms with Crippen LogP contribution in [0, 0.1) is 20.8 Å². The second-order valence-electron chi connectivity index (χ2n) is 27.9. The van der Waals surface area contributed by atoms with Crippen LogP contribution in [0.2, 0.25) is 0 Å². The van der Waals surface area contributed by atoms with Crippen molar-refractivity contribution >= 4 is 86.9 Å². The summed E-state index contributed by atoms with van der Waals surface area (Å²) in [6.45, 7) is 16.5. The van der Waals surface area contributed by atoms with Gasteiger partial charge < -0.3 is 16.0 Å². The molecule has 19 nitrogen and oxygen atoms in total. The number of hydrogen-bond acceptors (Lipinski definition) is 13. The first-order valence-electron chi connectivity index (χ1n) is 34.6. The number of rotatable bonds is 12. The highest BCUT2D eigenvalue weighted by Gasteiger charge is 2.50. The summed E-state index contributed by atoms with van der Waals surface area (Å²) in [7, 11) is 0. The number of aryl methyl sites for hydroxylation is 3. The zero-order chi connectivity index (χ0) is 78.4. The van der Waals surface area contributed by atoms with Crippen LogP contribution in [0.15, 0.2) is 238 Å². The Morgan fingerprint density at radius 3 is 1.23 bits per heavy atom. The number of nitrogens with zero attached hydrogens (tertiary/aromatic N) is 10. The largest absolute Gasteiger partial charge is 0.434 e. The standard InChI is InChI=1S/C29H26N4O2.C28H22F3N5O2.C28H21F3N4O2.CH4/c1-18-11-13-21(14-12-18)32-27(34)23-16-20(17-31-19(23)2)22-8-7-9-24-26(22)29(3,4)28(35)33(24)25-10-5-6-15-30-25;1-16-9-10-22(33-13-16)35-25(37)20-12-17(14-34-24(20)28(29,30)31)19-7-4-8-21-23(19)27(2,3)26(38)36(21)18-6-5-11-32-15-18;1-27(2)23-20(11-6-12-22(23)35(26(27)37)19-10-7-13-32-16-19)17-14-21(24(33-15-17)28(29,30)31)25(36)34-18-8-4-3-5-9-18;/h5-17H,1-4H3,(H,32,34);4-15H,1-3H3,(H,33,35,37);3-16H,1-2H3,(H,34,36);1H4. The first kappa shape index (κ1) is 77.2. The molecule has 0 radical (unpaired) electrons. The third-order valence-corrected chi connectivity index (χ3v) is 19.2. The van der Waals surface area contributed by atoms with E-state index in [9.17, 15) is 55.1 Å². The number of benzene rings is 5. The molecule has 3 aliphatic heterocycles. The van der Waals surface area contributed by atoms with Crippen LogP contribution in [0.3, 0.4) is 0 Å². The third-order valence-electron chi connectivity index (χ3n) is 19.2. The van der Waals surface area contributed by atoms with Gasteiger partial charge in [0.15, 0.2) is 11.4 Å². The molecule has 3 aliphatic rings. The zero-order valence-electron chi connectivity index (χ0n) is 60.7. The van der Waals surface area contributed by atoms with Gasteiger partial charge in [-0.3, -0.25) is 68.4 Å². The summed E-state index contributed by atoms with van der Waals surface area (Å²) in [5, 5.41) is 7.89. The first-order chi connectivity index (χ1) is 52.3. The molecule has 12 aromatic rings. The molecule has 6 amide bonds. The van der Waals surface area contributed by atoms with E-state index < -0.39 is 62.9 Å². The highest BCUT2D eigenvalue weighted by Crippen LogP contribution is 2.53. The van der Waals surface area contributed by atoms with Gasteiger partial charge in [-0.25, -0.2) is 9.97 Å². The van der Waals surface area contributed by atoms with Gasteiger partial charge in [0.25, 0.3) is 17.7 Å². The lowest BCUT2D eigenvalue weighted by atomic mass is 9.81. The molecule has 5 aromatic carbocycles.